The third-order valence-corrected chi connectivity index (χ3v) is 6.39. The van der Waals surface area contributed by atoms with E-state index in [0.717, 1.165) is 34.4 Å². The molecule has 1 aliphatic rings. The molecule has 2 aromatic carbocycles. The molecule has 0 saturated carbocycles. The van der Waals surface area contributed by atoms with Gasteiger partial charge in [-0.05, 0) is 86.5 Å². The van der Waals surface area contributed by atoms with Crippen LogP contribution in [0, 0.1) is 33.5 Å². The lowest BCUT2D eigenvalue weighted by molar-refractivity contribution is -0.123. The largest absolute Gasteiger partial charge is 0.318 e. The first kappa shape index (κ1) is 21.1. The maximum atomic E-state index is 13.1. The molecule has 2 heterocycles. The Morgan fingerprint density at radius 2 is 1.68 bits per heavy atom. The van der Waals surface area contributed by atoms with E-state index in [0.29, 0.717) is 10.5 Å². The number of benzene rings is 2. The van der Waals surface area contributed by atoms with Gasteiger partial charge in [-0.1, -0.05) is 29.8 Å². The van der Waals surface area contributed by atoms with Crippen LogP contribution in [-0.2, 0) is 11.3 Å². The summed E-state index contributed by atoms with van der Waals surface area (Å²) in [6.07, 6.45) is 1.79. The molecule has 31 heavy (non-hydrogen) atoms. The Hall–Kier alpha value is -3.12. The quantitative estimate of drug-likeness (QED) is 0.467. The number of hydrogen-bond donors (Lipinski definition) is 0. The number of carbonyl (C=O) groups excluding carboxylic acids is 2. The van der Waals surface area contributed by atoms with E-state index in [2.05, 4.69) is 36.6 Å². The van der Waals surface area contributed by atoms with Crippen LogP contribution in [0.15, 0.2) is 53.4 Å². The maximum absolute atomic E-state index is 13.1. The van der Waals surface area contributed by atoms with Crippen molar-refractivity contribution in [2.24, 2.45) is 0 Å². The van der Waals surface area contributed by atoms with Crippen LogP contribution < -0.4 is 0 Å². The minimum absolute atomic E-state index is 0.129. The summed E-state index contributed by atoms with van der Waals surface area (Å²) in [4.78, 5) is 26.9. The highest BCUT2D eigenvalue weighted by Gasteiger charge is 2.35. The molecule has 1 aliphatic heterocycles. The van der Waals surface area contributed by atoms with Gasteiger partial charge in [0.15, 0.2) is 0 Å². The Bertz CT molecular complexity index is 1230. The number of thioether (sulfide) groups is 1. The van der Waals surface area contributed by atoms with Gasteiger partial charge < -0.3 is 4.57 Å². The van der Waals surface area contributed by atoms with Crippen molar-refractivity contribution >= 4 is 29.0 Å². The summed E-state index contributed by atoms with van der Waals surface area (Å²) < 4.78 is 15.3. The molecular weight excluding hydrogens is 411 g/mol. The summed E-state index contributed by atoms with van der Waals surface area (Å²) in [7, 11) is 0. The third kappa shape index (κ3) is 4.08. The summed E-state index contributed by atoms with van der Waals surface area (Å²) in [6, 6.07) is 14.2. The lowest BCUT2D eigenvalue weighted by Crippen LogP contribution is -2.27. The van der Waals surface area contributed by atoms with Crippen LogP contribution in [0.2, 0.25) is 0 Å². The van der Waals surface area contributed by atoms with E-state index in [1.807, 2.05) is 19.9 Å². The van der Waals surface area contributed by atoms with Crippen molar-refractivity contribution in [1.29, 1.82) is 0 Å². The van der Waals surface area contributed by atoms with E-state index in [-0.39, 0.29) is 23.5 Å². The molecule has 1 fully saturated rings. The van der Waals surface area contributed by atoms with Crippen molar-refractivity contribution in [3.8, 4) is 5.69 Å². The van der Waals surface area contributed by atoms with Gasteiger partial charge in [-0.15, -0.1) is 0 Å². The van der Waals surface area contributed by atoms with Crippen molar-refractivity contribution in [2.75, 3.05) is 0 Å². The van der Waals surface area contributed by atoms with E-state index in [4.69, 9.17) is 0 Å². The molecule has 1 saturated heterocycles. The van der Waals surface area contributed by atoms with Crippen LogP contribution in [-0.4, -0.2) is 20.6 Å². The number of carbonyl (C=O) groups is 2. The van der Waals surface area contributed by atoms with E-state index >= 15 is 0 Å². The van der Waals surface area contributed by atoms with E-state index in [1.54, 1.807) is 18.2 Å². The Balaban J connectivity index is 1.64. The lowest BCUT2D eigenvalue weighted by atomic mass is 10.1. The molecule has 0 spiro atoms. The third-order valence-electron chi connectivity index (χ3n) is 5.48. The number of hydrogen-bond acceptors (Lipinski definition) is 3. The minimum atomic E-state index is -0.350. The minimum Gasteiger partial charge on any atom is -0.318 e. The van der Waals surface area contributed by atoms with Gasteiger partial charge >= 0.3 is 0 Å². The van der Waals surface area contributed by atoms with Gasteiger partial charge in [0.25, 0.3) is 11.1 Å². The molecule has 0 N–H and O–H groups in total. The highest BCUT2D eigenvalue weighted by molar-refractivity contribution is 8.18. The zero-order chi connectivity index (χ0) is 22.3. The highest BCUT2D eigenvalue weighted by Crippen LogP contribution is 2.35. The molecule has 6 heteroatoms. The molecule has 0 atom stereocenters. The molecule has 0 bridgehead atoms. The Labute approximate surface area is 185 Å². The summed E-state index contributed by atoms with van der Waals surface area (Å²) in [5, 5.41) is -0.316. The maximum Gasteiger partial charge on any atom is 0.293 e. The molecule has 4 nitrogen and oxygen atoms in total. The summed E-state index contributed by atoms with van der Waals surface area (Å²) in [5.74, 6) is -0.674. The van der Waals surface area contributed by atoms with Crippen LogP contribution in [0.4, 0.5) is 9.18 Å². The smallest absolute Gasteiger partial charge is 0.293 e. The summed E-state index contributed by atoms with van der Waals surface area (Å²) in [5.41, 5.74) is 7.16. The molecule has 4 rings (SSSR count). The molecule has 2 amide bonds. The molecule has 0 radical (unpaired) electrons. The molecule has 1 aromatic heterocycles. The zero-order valence-corrected chi connectivity index (χ0v) is 18.7. The fourth-order valence-corrected chi connectivity index (χ4v) is 4.74. The zero-order valence-electron chi connectivity index (χ0n) is 17.9. The summed E-state index contributed by atoms with van der Waals surface area (Å²) >= 11 is 0.939. The molecule has 0 unspecified atom stereocenters. The van der Waals surface area contributed by atoms with Gasteiger partial charge in [0.1, 0.15) is 5.82 Å². The number of nitrogens with zero attached hydrogens (tertiary/aromatic N) is 2. The molecular formula is C25H23FN2O2S. The fraction of sp³-hybridized carbons (Fsp3) is 0.200. The van der Waals surface area contributed by atoms with E-state index < -0.39 is 0 Å². The van der Waals surface area contributed by atoms with Gasteiger partial charge in [-0.25, -0.2) is 4.39 Å². The number of aromatic nitrogens is 1. The molecule has 0 aliphatic carbocycles. The van der Waals surface area contributed by atoms with Crippen molar-refractivity contribution in [3.63, 3.8) is 0 Å². The molecule has 3 aromatic rings. The van der Waals surface area contributed by atoms with Gasteiger partial charge in [-0.3, -0.25) is 14.5 Å². The predicted octanol–water partition coefficient (Wildman–Crippen LogP) is 6.09. The van der Waals surface area contributed by atoms with Crippen LogP contribution >= 0.6 is 11.8 Å². The number of halogens is 1. The number of imide groups is 1. The van der Waals surface area contributed by atoms with Gasteiger partial charge in [0.05, 0.1) is 11.4 Å². The average Bonchev–Trinajstić information content (AvgIpc) is 3.14. The van der Waals surface area contributed by atoms with E-state index in [1.165, 1.54) is 28.2 Å². The summed E-state index contributed by atoms with van der Waals surface area (Å²) in [6.45, 7) is 8.33. The van der Waals surface area contributed by atoms with Crippen molar-refractivity contribution in [2.45, 2.75) is 34.2 Å². The van der Waals surface area contributed by atoms with Gasteiger partial charge in [-0.2, -0.15) is 0 Å². The van der Waals surface area contributed by atoms with Crippen LogP contribution in [0.5, 0.6) is 0 Å². The Morgan fingerprint density at radius 1 is 0.968 bits per heavy atom. The standard InChI is InChI=1S/C25H23FN2O2S/c1-15-5-10-22(16(2)11-15)28-17(3)12-20(18(28)4)13-23-24(29)27(25(30)31-23)14-19-6-8-21(26)9-7-19/h5-13H,14H2,1-4H3. The first-order valence-corrected chi connectivity index (χ1v) is 10.8. The Kier molecular flexibility index (Phi) is 5.58. The second-order valence-corrected chi connectivity index (χ2v) is 8.84. The first-order valence-electron chi connectivity index (χ1n) is 10.0. The number of rotatable bonds is 4. The van der Waals surface area contributed by atoms with Crippen LogP contribution in [0.1, 0.15) is 33.6 Å². The Morgan fingerprint density at radius 3 is 2.35 bits per heavy atom. The van der Waals surface area contributed by atoms with Crippen molar-refractivity contribution < 1.29 is 14.0 Å². The highest BCUT2D eigenvalue weighted by atomic mass is 32.2. The lowest BCUT2D eigenvalue weighted by Gasteiger charge is -2.13. The monoisotopic (exact) mass is 434 g/mol. The normalized spacial score (nSPS) is 15.4. The van der Waals surface area contributed by atoms with Crippen molar-refractivity contribution in [3.05, 3.63) is 92.9 Å². The second kappa shape index (κ2) is 8.19. The first-order chi connectivity index (χ1) is 14.7. The molecule has 158 valence electrons. The number of amides is 2. The van der Waals surface area contributed by atoms with Crippen LogP contribution in [0.25, 0.3) is 11.8 Å². The van der Waals surface area contributed by atoms with E-state index in [9.17, 15) is 14.0 Å². The SMILES string of the molecule is Cc1ccc(-n2c(C)cc(C=C3SC(=O)N(Cc4ccc(F)cc4)C3=O)c2C)c(C)c1. The number of aryl methyl sites for hydroxylation is 3. The van der Waals surface area contributed by atoms with Gasteiger partial charge in [0.2, 0.25) is 0 Å². The predicted molar refractivity (Wildman–Crippen MR) is 123 cm³/mol. The second-order valence-electron chi connectivity index (χ2n) is 7.85. The van der Waals surface area contributed by atoms with Crippen LogP contribution in [0.3, 0.4) is 0 Å². The topological polar surface area (TPSA) is 42.3 Å². The van der Waals surface area contributed by atoms with Gasteiger partial charge in [0, 0.05) is 17.1 Å². The average molecular weight is 435 g/mol. The van der Waals surface area contributed by atoms with Crippen molar-refractivity contribution in [1.82, 2.24) is 9.47 Å². The fourth-order valence-electron chi connectivity index (χ4n) is 3.91.